The van der Waals surface area contributed by atoms with Crippen molar-refractivity contribution in [1.29, 1.82) is 5.26 Å². The summed E-state index contributed by atoms with van der Waals surface area (Å²) in [5.41, 5.74) is -0.0496. The Bertz CT molecular complexity index is 363. The average molecular weight is 201 g/mol. The molecule has 0 fully saturated rings. The Morgan fingerprint density at radius 1 is 1.29 bits per heavy atom. The molecule has 0 N–H and O–H groups in total. The highest BCUT2D eigenvalue weighted by Crippen LogP contribution is 2.20. The first-order chi connectivity index (χ1) is 6.60. The highest BCUT2D eigenvalue weighted by atomic mass is 19.2. The molecule has 5 heteroatoms. The SMILES string of the molecule is COC(C#N)c1cc(F)c(F)c(F)c1. The van der Waals surface area contributed by atoms with Gasteiger partial charge in [-0.3, -0.25) is 0 Å². The summed E-state index contributed by atoms with van der Waals surface area (Å²) >= 11 is 0. The van der Waals surface area contributed by atoms with Gasteiger partial charge in [0.05, 0.1) is 6.07 Å². The van der Waals surface area contributed by atoms with Crippen LogP contribution >= 0.6 is 0 Å². The highest BCUT2D eigenvalue weighted by Gasteiger charge is 2.16. The van der Waals surface area contributed by atoms with Crippen molar-refractivity contribution in [3.8, 4) is 6.07 Å². The molecule has 0 spiro atoms. The van der Waals surface area contributed by atoms with Crippen LogP contribution in [0.3, 0.4) is 0 Å². The summed E-state index contributed by atoms with van der Waals surface area (Å²) in [5, 5.41) is 8.52. The van der Waals surface area contributed by atoms with Crippen LogP contribution in [0.15, 0.2) is 12.1 Å². The molecule has 1 rings (SSSR count). The molecule has 0 aliphatic carbocycles. The summed E-state index contributed by atoms with van der Waals surface area (Å²) in [4.78, 5) is 0. The van der Waals surface area contributed by atoms with Gasteiger partial charge in [-0.05, 0) is 12.1 Å². The van der Waals surface area contributed by atoms with Crippen LogP contribution < -0.4 is 0 Å². The fourth-order valence-electron chi connectivity index (χ4n) is 0.990. The zero-order valence-electron chi connectivity index (χ0n) is 7.22. The lowest BCUT2D eigenvalue weighted by Gasteiger charge is -2.07. The number of nitrogens with zero attached hydrogens (tertiary/aromatic N) is 1. The number of hydrogen-bond donors (Lipinski definition) is 0. The molecular weight excluding hydrogens is 195 g/mol. The van der Waals surface area contributed by atoms with Gasteiger partial charge in [0.1, 0.15) is 0 Å². The molecule has 0 aliphatic rings. The summed E-state index contributed by atoms with van der Waals surface area (Å²) < 4.78 is 42.5. The summed E-state index contributed by atoms with van der Waals surface area (Å²) in [6, 6.07) is 3.13. The summed E-state index contributed by atoms with van der Waals surface area (Å²) in [7, 11) is 1.22. The van der Waals surface area contributed by atoms with Crippen molar-refractivity contribution >= 4 is 0 Å². The van der Waals surface area contributed by atoms with E-state index in [1.54, 1.807) is 6.07 Å². The molecule has 1 atom stereocenters. The van der Waals surface area contributed by atoms with E-state index in [2.05, 4.69) is 4.74 Å². The van der Waals surface area contributed by atoms with Gasteiger partial charge in [-0.2, -0.15) is 5.26 Å². The number of methoxy groups -OCH3 is 1. The second-order valence-electron chi connectivity index (χ2n) is 2.54. The van der Waals surface area contributed by atoms with Gasteiger partial charge in [0.2, 0.25) is 0 Å². The van der Waals surface area contributed by atoms with Crippen LogP contribution in [0.1, 0.15) is 11.7 Å². The molecule has 1 aromatic rings. The largest absolute Gasteiger partial charge is 0.362 e. The van der Waals surface area contributed by atoms with Crippen LogP contribution in [0.5, 0.6) is 0 Å². The van der Waals surface area contributed by atoms with Crippen LogP contribution in [-0.2, 0) is 4.74 Å². The maximum atomic E-state index is 12.7. The van der Waals surface area contributed by atoms with E-state index in [9.17, 15) is 13.2 Å². The van der Waals surface area contributed by atoms with E-state index in [0.717, 1.165) is 12.1 Å². The maximum absolute atomic E-state index is 12.7. The molecule has 1 unspecified atom stereocenters. The number of rotatable bonds is 2. The number of benzene rings is 1. The Labute approximate surface area is 78.5 Å². The molecule has 0 saturated heterocycles. The van der Waals surface area contributed by atoms with E-state index in [4.69, 9.17) is 5.26 Å². The lowest BCUT2D eigenvalue weighted by atomic mass is 10.1. The highest BCUT2D eigenvalue weighted by molar-refractivity contribution is 5.25. The minimum Gasteiger partial charge on any atom is -0.362 e. The van der Waals surface area contributed by atoms with Gasteiger partial charge in [-0.15, -0.1) is 0 Å². The van der Waals surface area contributed by atoms with Crippen molar-refractivity contribution in [2.24, 2.45) is 0 Å². The van der Waals surface area contributed by atoms with E-state index >= 15 is 0 Å². The quantitative estimate of drug-likeness (QED) is 0.688. The molecule has 0 aliphatic heterocycles. The van der Waals surface area contributed by atoms with Crippen LogP contribution in [0.4, 0.5) is 13.2 Å². The molecule has 0 heterocycles. The Morgan fingerprint density at radius 3 is 2.14 bits per heavy atom. The zero-order chi connectivity index (χ0) is 10.7. The first-order valence-electron chi connectivity index (χ1n) is 3.67. The predicted molar refractivity (Wildman–Crippen MR) is 41.7 cm³/mol. The lowest BCUT2D eigenvalue weighted by molar-refractivity contribution is 0.147. The second-order valence-corrected chi connectivity index (χ2v) is 2.54. The van der Waals surface area contributed by atoms with Gasteiger partial charge >= 0.3 is 0 Å². The fraction of sp³-hybridized carbons (Fsp3) is 0.222. The molecule has 74 valence electrons. The number of nitriles is 1. The van der Waals surface area contributed by atoms with E-state index in [1.165, 1.54) is 7.11 Å². The van der Waals surface area contributed by atoms with Crippen LogP contribution in [0.2, 0.25) is 0 Å². The molecule has 1 aromatic carbocycles. The summed E-state index contributed by atoms with van der Waals surface area (Å²) in [6.07, 6.45) is -1.10. The zero-order valence-corrected chi connectivity index (χ0v) is 7.22. The fourth-order valence-corrected chi connectivity index (χ4v) is 0.990. The molecule has 0 aromatic heterocycles. The van der Waals surface area contributed by atoms with Crippen molar-refractivity contribution in [2.75, 3.05) is 7.11 Å². The van der Waals surface area contributed by atoms with Gasteiger partial charge < -0.3 is 4.74 Å². The summed E-state index contributed by atoms with van der Waals surface area (Å²) in [5.74, 6) is -4.23. The predicted octanol–water partition coefficient (Wildman–Crippen LogP) is 2.31. The van der Waals surface area contributed by atoms with Crippen molar-refractivity contribution < 1.29 is 17.9 Å². The topological polar surface area (TPSA) is 33.0 Å². The number of halogens is 3. The average Bonchev–Trinajstić information content (AvgIpc) is 2.16. The molecule has 0 amide bonds. The van der Waals surface area contributed by atoms with Gasteiger partial charge in [-0.25, -0.2) is 13.2 Å². The van der Waals surface area contributed by atoms with E-state index < -0.39 is 23.6 Å². The van der Waals surface area contributed by atoms with Gasteiger partial charge in [0, 0.05) is 12.7 Å². The Hall–Kier alpha value is -1.54. The van der Waals surface area contributed by atoms with Crippen LogP contribution in [0.25, 0.3) is 0 Å². The van der Waals surface area contributed by atoms with Gasteiger partial charge in [0.25, 0.3) is 0 Å². The molecule has 0 saturated carbocycles. The molecule has 14 heavy (non-hydrogen) atoms. The molecule has 0 bridgehead atoms. The number of ether oxygens (including phenoxy) is 1. The van der Waals surface area contributed by atoms with E-state index in [0.29, 0.717) is 0 Å². The third kappa shape index (κ3) is 1.86. The third-order valence-electron chi connectivity index (χ3n) is 1.66. The van der Waals surface area contributed by atoms with Gasteiger partial charge in [0.15, 0.2) is 23.6 Å². The maximum Gasteiger partial charge on any atom is 0.194 e. The minimum absolute atomic E-state index is 0.0496. The number of hydrogen-bond acceptors (Lipinski definition) is 2. The smallest absolute Gasteiger partial charge is 0.194 e. The third-order valence-corrected chi connectivity index (χ3v) is 1.66. The van der Waals surface area contributed by atoms with E-state index in [1.807, 2.05) is 0 Å². The van der Waals surface area contributed by atoms with Crippen molar-refractivity contribution in [1.82, 2.24) is 0 Å². The first kappa shape index (κ1) is 10.5. The van der Waals surface area contributed by atoms with Crippen molar-refractivity contribution in [3.05, 3.63) is 35.1 Å². The standard InChI is InChI=1S/C9H6F3NO/c1-14-8(4-13)5-2-6(10)9(12)7(11)3-5/h2-3,8H,1H3. The Balaban J connectivity index is 3.19. The van der Waals surface area contributed by atoms with Crippen molar-refractivity contribution in [2.45, 2.75) is 6.10 Å². The monoisotopic (exact) mass is 201 g/mol. The van der Waals surface area contributed by atoms with Crippen molar-refractivity contribution in [3.63, 3.8) is 0 Å². The Kier molecular flexibility index (Phi) is 3.10. The van der Waals surface area contributed by atoms with Crippen LogP contribution in [0, 0.1) is 28.8 Å². The van der Waals surface area contributed by atoms with Gasteiger partial charge in [-0.1, -0.05) is 0 Å². The van der Waals surface area contributed by atoms with E-state index in [-0.39, 0.29) is 5.56 Å². The second kappa shape index (κ2) is 4.11. The minimum atomic E-state index is -1.55. The summed E-state index contributed by atoms with van der Waals surface area (Å²) in [6.45, 7) is 0. The normalized spacial score (nSPS) is 12.2. The first-order valence-corrected chi connectivity index (χ1v) is 3.67. The van der Waals surface area contributed by atoms with Crippen LogP contribution in [-0.4, -0.2) is 7.11 Å². The molecule has 2 nitrogen and oxygen atoms in total. The molecular formula is C9H6F3NO. The lowest BCUT2D eigenvalue weighted by Crippen LogP contribution is -2.01. The molecule has 0 radical (unpaired) electrons. The Morgan fingerprint density at radius 2 is 1.79 bits per heavy atom.